The Hall–Kier alpha value is -1.50. The summed E-state index contributed by atoms with van der Waals surface area (Å²) in [4.78, 5) is 4.98. The van der Waals surface area contributed by atoms with Crippen LogP contribution in [0.15, 0.2) is 22.8 Å². The number of nitrogens with zero attached hydrogens (tertiary/aromatic N) is 4. The van der Waals surface area contributed by atoms with Crippen LogP contribution in [0, 0.1) is 5.41 Å². The smallest absolute Gasteiger partial charge is 0.139 e. The normalized spacial score (nSPS) is 20.8. The zero-order chi connectivity index (χ0) is 17.2. The van der Waals surface area contributed by atoms with Crippen molar-refractivity contribution in [3.05, 3.63) is 23.8 Å². The van der Waals surface area contributed by atoms with Crippen molar-refractivity contribution in [1.82, 2.24) is 20.1 Å². The van der Waals surface area contributed by atoms with E-state index in [1.54, 1.807) is 0 Å². The zero-order valence-electron chi connectivity index (χ0n) is 14.9. The number of hydrogen-bond acceptors (Lipinski definition) is 6. The Balaban J connectivity index is 1.69. The lowest BCUT2D eigenvalue weighted by Gasteiger charge is -2.44. The number of rotatable bonds is 5. The lowest BCUT2D eigenvalue weighted by atomic mass is 9.94. The number of hydrogen-bond donors (Lipinski definition) is 1. The Morgan fingerprint density at radius 2 is 2.08 bits per heavy atom. The topological polar surface area (TPSA) is 65.6 Å². The monoisotopic (exact) mass is 332 g/mol. The van der Waals surface area contributed by atoms with Crippen molar-refractivity contribution in [3.63, 3.8) is 0 Å². The molecule has 0 bridgehead atoms. The number of fused-ring (bicyclic) bond motifs is 1. The molecule has 132 valence electrons. The summed E-state index contributed by atoms with van der Waals surface area (Å²) < 4.78 is 4.87. The highest BCUT2D eigenvalue weighted by molar-refractivity contribution is 5.76. The van der Waals surface area contributed by atoms with Crippen LogP contribution in [0.3, 0.4) is 0 Å². The van der Waals surface area contributed by atoms with E-state index in [1.165, 1.54) is 0 Å². The first-order chi connectivity index (χ1) is 11.5. The predicted octanol–water partition coefficient (Wildman–Crippen LogP) is 2.14. The third kappa shape index (κ3) is 4.12. The predicted molar refractivity (Wildman–Crippen MR) is 93.6 cm³/mol. The molecule has 24 heavy (non-hydrogen) atoms. The van der Waals surface area contributed by atoms with Crippen LogP contribution in [0.25, 0.3) is 11.0 Å². The molecule has 6 heteroatoms. The minimum Gasteiger partial charge on any atom is -0.396 e. The maximum atomic E-state index is 9.45. The standard InChI is InChI=1S/C18H28N4O2/c1-18(2,3)13-22-9-8-21(12-15(22)7-10-23)11-14-5-4-6-16-17(14)20-24-19-16/h4-6,15,23H,7-13H2,1-3H3. The van der Waals surface area contributed by atoms with E-state index in [0.717, 1.165) is 55.7 Å². The van der Waals surface area contributed by atoms with Gasteiger partial charge in [-0.3, -0.25) is 9.80 Å². The van der Waals surface area contributed by atoms with Gasteiger partial charge in [-0.05, 0) is 33.8 Å². The minimum atomic E-state index is 0.238. The molecule has 1 atom stereocenters. The van der Waals surface area contributed by atoms with E-state index < -0.39 is 0 Å². The van der Waals surface area contributed by atoms with Crippen molar-refractivity contribution in [3.8, 4) is 0 Å². The number of piperazine rings is 1. The van der Waals surface area contributed by atoms with Crippen molar-refractivity contribution < 1.29 is 9.74 Å². The van der Waals surface area contributed by atoms with Gasteiger partial charge in [0.25, 0.3) is 0 Å². The summed E-state index contributed by atoms with van der Waals surface area (Å²) in [5.41, 5.74) is 3.09. The van der Waals surface area contributed by atoms with Gasteiger partial charge in [-0.15, -0.1) is 0 Å². The molecule has 1 aromatic heterocycles. The highest BCUT2D eigenvalue weighted by atomic mass is 16.6. The van der Waals surface area contributed by atoms with E-state index in [1.807, 2.05) is 12.1 Å². The Labute approximate surface area is 143 Å². The number of aliphatic hydroxyl groups is 1. The van der Waals surface area contributed by atoms with E-state index in [9.17, 15) is 5.11 Å². The average Bonchev–Trinajstić information content (AvgIpc) is 2.98. The van der Waals surface area contributed by atoms with Gasteiger partial charge in [0.1, 0.15) is 11.0 Å². The second-order valence-electron chi connectivity index (χ2n) is 7.98. The Morgan fingerprint density at radius 3 is 2.83 bits per heavy atom. The molecule has 1 aliphatic heterocycles. The lowest BCUT2D eigenvalue weighted by Crippen LogP contribution is -2.54. The molecule has 2 heterocycles. The highest BCUT2D eigenvalue weighted by Gasteiger charge is 2.29. The van der Waals surface area contributed by atoms with Crippen molar-refractivity contribution >= 4 is 11.0 Å². The first-order valence-electron chi connectivity index (χ1n) is 8.74. The fraction of sp³-hybridized carbons (Fsp3) is 0.667. The second kappa shape index (κ2) is 7.17. The van der Waals surface area contributed by atoms with Crippen molar-refractivity contribution in [2.75, 3.05) is 32.8 Å². The molecular weight excluding hydrogens is 304 g/mol. The van der Waals surface area contributed by atoms with Gasteiger partial charge in [0.2, 0.25) is 0 Å². The van der Waals surface area contributed by atoms with Gasteiger partial charge in [0.15, 0.2) is 0 Å². The molecule has 1 aliphatic rings. The van der Waals surface area contributed by atoms with Crippen LogP contribution < -0.4 is 0 Å². The molecule has 1 fully saturated rings. The summed E-state index contributed by atoms with van der Waals surface area (Å²) in [5.74, 6) is 0. The van der Waals surface area contributed by atoms with Gasteiger partial charge < -0.3 is 5.11 Å². The molecule has 0 radical (unpaired) electrons. The molecule has 1 N–H and O–H groups in total. The molecule has 0 aliphatic carbocycles. The molecule has 1 aromatic carbocycles. The molecular formula is C18H28N4O2. The van der Waals surface area contributed by atoms with Gasteiger partial charge >= 0.3 is 0 Å². The highest BCUT2D eigenvalue weighted by Crippen LogP contribution is 2.23. The van der Waals surface area contributed by atoms with Crippen molar-refractivity contribution in [1.29, 1.82) is 0 Å². The fourth-order valence-electron chi connectivity index (χ4n) is 3.57. The van der Waals surface area contributed by atoms with Gasteiger partial charge in [0.05, 0.1) is 0 Å². The summed E-state index contributed by atoms with van der Waals surface area (Å²) in [5, 5.41) is 17.4. The molecule has 2 aromatic rings. The zero-order valence-corrected chi connectivity index (χ0v) is 14.9. The summed E-state index contributed by atoms with van der Waals surface area (Å²) in [7, 11) is 0. The van der Waals surface area contributed by atoms with Crippen LogP contribution >= 0.6 is 0 Å². The van der Waals surface area contributed by atoms with E-state index in [0.29, 0.717) is 6.04 Å². The fourth-order valence-corrected chi connectivity index (χ4v) is 3.57. The quantitative estimate of drug-likeness (QED) is 0.905. The first-order valence-corrected chi connectivity index (χ1v) is 8.74. The van der Waals surface area contributed by atoms with Gasteiger partial charge in [-0.1, -0.05) is 32.9 Å². The number of aromatic nitrogens is 2. The lowest BCUT2D eigenvalue weighted by molar-refractivity contribution is 0.0341. The van der Waals surface area contributed by atoms with Gasteiger partial charge in [-0.25, -0.2) is 4.63 Å². The summed E-state index contributed by atoms with van der Waals surface area (Å²) in [6, 6.07) is 6.42. The Bertz CT molecular complexity index is 664. The van der Waals surface area contributed by atoms with Crippen molar-refractivity contribution in [2.45, 2.75) is 39.8 Å². The van der Waals surface area contributed by atoms with Crippen LogP contribution in [0.5, 0.6) is 0 Å². The van der Waals surface area contributed by atoms with E-state index in [2.05, 4.69) is 47.0 Å². The summed E-state index contributed by atoms with van der Waals surface area (Å²) in [6.45, 7) is 12.0. The maximum absolute atomic E-state index is 9.45. The minimum absolute atomic E-state index is 0.238. The Kier molecular flexibility index (Phi) is 5.18. The second-order valence-corrected chi connectivity index (χ2v) is 7.98. The van der Waals surface area contributed by atoms with Crippen LogP contribution in [0.4, 0.5) is 0 Å². The third-order valence-corrected chi connectivity index (χ3v) is 4.59. The largest absolute Gasteiger partial charge is 0.396 e. The summed E-state index contributed by atoms with van der Waals surface area (Å²) in [6.07, 6.45) is 0.822. The first kappa shape index (κ1) is 17.3. The summed E-state index contributed by atoms with van der Waals surface area (Å²) >= 11 is 0. The van der Waals surface area contributed by atoms with E-state index in [-0.39, 0.29) is 12.0 Å². The van der Waals surface area contributed by atoms with Gasteiger partial charge in [-0.2, -0.15) is 0 Å². The van der Waals surface area contributed by atoms with E-state index in [4.69, 9.17) is 4.63 Å². The van der Waals surface area contributed by atoms with Crippen molar-refractivity contribution in [2.24, 2.45) is 5.41 Å². The third-order valence-electron chi connectivity index (χ3n) is 4.59. The van der Waals surface area contributed by atoms with Crippen LogP contribution in [0.2, 0.25) is 0 Å². The molecule has 1 saturated heterocycles. The molecule has 0 spiro atoms. The maximum Gasteiger partial charge on any atom is 0.139 e. The van der Waals surface area contributed by atoms with E-state index >= 15 is 0 Å². The number of benzene rings is 1. The molecule has 3 rings (SSSR count). The average molecular weight is 332 g/mol. The molecule has 6 nitrogen and oxygen atoms in total. The molecule has 0 saturated carbocycles. The van der Waals surface area contributed by atoms with Crippen LogP contribution in [0.1, 0.15) is 32.8 Å². The SMILES string of the molecule is CC(C)(C)CN1CCN(Cc2cccc3nonc23)CC1CCO. The molecule has 1 unspecified atom stereocenters. The van der Waals surface area contributed by atoms with Crippen LogP contribution in [-0.4, -0.2) is 64.0 Å². The van der Waals surface area contributed by atoms with Crippen LogP contribution in [-0.2, 0) is 6.54 Å². The number of aliphatic hydroxyl groups excluding tert-OH is 1. The van der Waals surface area contributed by atoms with Gasteiger partial charge in [0, 0.05) is 45.4 Å². The Morgan fingerprint density at radius 1 is 1.25 bits per heavy atom. The molecule has 0 amide bonds.